The van der Waals surface area contributed by atoms with Crippen LogP contribution in [0, 0.1) is 5.92 Å². The Labute approximate surface area is 130 Å². The second-order valence-electron chi connectivity index (χ2n) is 5.26. The van der Waals surface area contributed by atoms with Crippen LogP contribution < -0.4 is 11.1 Å². The van der Waals surface area contributed by atoms with Crippen LogP contribution in [0.4, 0.5) is 0 Å². The Hall–Kier alpha value is -0.650. The van der Waals surface area contributed by atoms with Gasteiger partial charge < -0.3 is 20.9 Å². The molecule has 0 saturated heterocycles. The van der Waals surface area contributed by atoms with E-state index in [9.17, 15) is 0 Å². The standard InChI is InChI=1S/C14H32N2O.C2H4O2/c1-3-5-8-14(4-2)13-17-12-7-11-16-10-6-9-15;1-2(3)4/h14,16H,3-13,15H2,1-2H3;1H3,(H,3,4). The first-order valence-electron chi connectivity index (χ1n) is 8.26. The molecule has 128 valence electrons. The summed E-state index contributed by atoms with van der Waals surface area (Å²) in [6.45, 7) is 10.3. The van der Waals surface area contributed by atoms with Crippen molar-refractivity contribution in [1.82, 2.24) is 5.32 Å². The monoisotopic (exact) mass is 304 g/mol. The van der Waals surface area contributed by atoms with E-state index in [4.69, 9.17) is 20.4 Å². The highest BCUT2D eigenvalue weighted by Gasteiger charge is 2.05. The fourth-order valence-electron chi connectivity index (χ4n) is 1.80. The van der Waals surface area contributed by atoms with Crippen LogP contribution in [-0.4, -0.2) is 43.9 Å². The van der Waals surface area contributed by atoms with E-state index >= 15 is 0 Å². The van der Waals surface area contributed by atoms with Gasteiger partial charge in [0.2, 0.25) is 0 Å². The van der Waals surface area contributed by atoms with Crippen molar-refractivity contribution < 1.29 is 14.6 Å². The fraction of sp³-hybridized carbons (Fsp3) is 0.938. The van der Waals surface area contributed by atoms with Gasteiger partial charge in [0.15, 0.2) is 0 Å². The number of rotatable bonds is 13. The minimum atomic E-state index is -0.833. The van der Waals surface area contributed by atoms with Gasteiger partial charge in [-0.1, -0.05) is 33.1 Å². The molecule has 0 fully saturated rings. The minimum Gasteiger partial charge on any atom is -0.481 e. The Morgan fingerprint density at radius 1 is 1.24 bits per heavy atom. The van der Waals surface area contributed by atoms with Crippen LogP contribution in [0.3, 0.4) is 0 Å². The number of aliphatic carboxylic acids is 1. The van der Waals surface area contributed by atoms with Gasteiger partial charge in [-0.25, -0.2) is 0 Å². The number of hydrogen-bond donors (Lipinski definition) is 3. The average Bonchev–Trinajstić information content (AvgIpc) is 2.44. The number of nitrogens with one attached hydrogen (secondary N) is 1. The van der Waals surface area contributed by atoms with Crippen LogP contribution in [-0.2, 0) is 9.53 Å². The van der Waals surface area contributed by atoms with Crippen LogP contribution in [0.25, 0.3) is 0 Å². The minimum absolute atomic E-state index is 0.764. The van der Waals surface area contributed by atoms with Gasteiger partial charge in [-0.3, -0.25) is 4.79 Å². The Morgan fingerprint density at radius 3 is 2.38 bits per heavy atom. The van der Waals surface area contributed by atoms with Crippen molar-refractivity contribution in [2.45, 2.75) is 59.3 Å². The Bertz CT molecular complexity index is 210. The zero-order valence-electron chi connectivity index (χ0n) is 14.2. The maximum absolute atomic E-state index is 9.00. The molecule has 21 heavy (non-hydrogen) atoms. The molecule has 0 saturated carbocycles. The van der Waals surface area contributed by atoms with E-state index in [0.717, 1.165) is 58.5 Å². The van der Waals surface area contributed by atoms with E-state index in [0.29, 0.717) is 0 Å². The summed E-state index contributed by atoms with van der Waals surface area (Å²) < 4.78 is 5.73. The smallest absolute Gasteiger partial charge is 0.300 e. The number of carbonyl (C=O) groups is 1. The van der Waals surface area contributed by atoms with Gasteiger partial charge in [0.25, 0.3) is 5.97 Å². The first-order valence-corrected chi connectivity index (χ1v) is 8.26. The lowest BCUT2D eigenvalue weighted by molar-refractivity contribution is -0.134. The summed E-state index contributed by atoms with van der Waals surface area (Å²) in [5.41, 5.74) is 5.41. The largest absolute Gasteiger partial charge is 0.481 e. The van der Waals surface area contributed by atoms with Gasteiger partial charge in [0.1, 0.15) is 0 Å². The Morgan fingerprint density at radius 2 is 1.86 bits per heavy atom. The third kappa shape index (κ3) is 24.7. The lowest BCUT2D eigenvalue weighted by Crippen LogP contribution is -2.21. The summed E-state index contributed by atoms with van der Waals surface area (Å²) in [6.07, 6.45) is 7.37. The molecule has 0 heterocycles. The van der Waals surface area contributed by atoms with Crippen molar-refractivity contribution in [3.05, 3.63) is 0 Å². The van der Waals surface area contributed by atoms with Gasteiger partial charge >= 0.3 is 0 Å². The third-order valence-electron chi connectivity index (χ3n) is 3.10. The molecule has 0 aromatic carbocycles. The van der Waals surface area contributed by atoms with Gasteiger partial charge in [-0.15, -0.1) is 0 Å². The Balaban J connectivity index is 0. The highest BCUT2D eigenvalue weighted by atomic mass is 16.5. The number of unbranched alkanes of at least 4 members (excludes halogenated alkanes) is 1. The molecule has 0 bridgehead atoms. The normalized spacial score (nSPS) is 11.6. The van der Waals surface area contributed by atoms with Crippen molar-refractivity contribution in [1.29, 1.82) is 0 Å². The molecule has 1 atom stereocenters. The van der Waals surface area contributed by atoms with Crippen molar-refractivity contribution in [3.63, 3.8) is 0 Å². The van der Waals surface area contributed by atoms with E-state index in [1.54, 1.807) is 0 Å². The number of nitrogens with two attached hydrogens (primary N) is 1. The van der Waals surface area contributed by atoms with Gasteiger partial charge in [0, 0.05) is 20.1 Å². The van der Waals surface area contributed by atoms with E-state index in [2.05, 4.69) is 19.2 Å². The van der Waals surface area contributed by atoms with Crippen molar-refractivity contribution in [3.8, 4) is 0 Å². The number of hydrogen-bond acceptors (Lipinski definition) is 4. The first kappa shape index (κ1) is 22.6. The highest BCUT2D eigenvalue weighted by molar-refractivity contribution is 5.62. The van der Waals surface area contributed by atoms with E-state index in [1.807, 2.05) is 0 Å². The van der Waals surface area contributed by atoms with Crippen molar-refractivity contribution >= 4 is 5.97 Å². The van der Waals surface area contributed by atoms with Crippen LogP contribution in [0.2, 0.25) is 0 Å². The predicted molar refractivity (Wildman–Crippen MR) is 88.6 cm³/mol. The number of carboxylic acids is 1. The molecule has 0 rings (SSSR count). The van der Waals surface area contributed by atoms with E-state index in [-0.39, 0.29) is 0 Å². The first-order chi connectivity index (χ1) is 10.1. The molecule has 0 aliphatic heterocycles. The van der Waals surface area contributed by atoms with Crippen LogP contribution in [0.15, 0.2) is 0 Å². The van der Waals surface area contributed by atoms with E-state index < -0.39 is 5.97 Å². The van der Waals surface area contributed by atoms with E-state index in [1.165, 1.54) is 25.7 Å². The predicted octanol–water partition coefficient (Wildman–Crippen LogP) is 2.64. The maximum Gasteiger partial charge on any atom is 0.300 e. The summed E-state index contributed by atoms with van der Waals surface area (Å²) in [5.74, 6) is -0.0693. The lowest BCUT2D eigenvalue weighted by atomic mass is 10.0. The molecule has 0 radical (unpaired) electrons. The molecule has 0 aliphatic carbocycles. The molecule has 0 aromatic rings. The zero-order valence-corrected chi connectivity index (χ0v) is 14.2. The van der Waals surface area contributed by atoms with Crippen molar-refractivity contribution in [2.24, 2.45) is 11.7 Å². The van der Waals surface area contributed by atoms with Crippen molar-refractivity contribution in [2.75, 3.05) is 32.8 Å². The molecule has 0 aromatic heterocycles. The van der Waals surface area contributed by atoms with Crippen LogP contribution in [0.1, 0.15) is 59.3 Å². The summed E-state index contributed by atoms with van der Waals surface area (Å²) in [5, 5.41) is 10.8. The maximum atomic E-state index is 9.00. The second-order valence-corrected chi connectivity index (χ2v) is 5.26. The molecular formula is C16H36N2O3. The molecule has 0 amide bonds. The summed E-state index contributed by atoms with van der Waals surface area (Å²) >= 11 is 0. The topological polar surface area (TPSA) is 84.6 Å². The Kier molecular flexibility index (Phi) is 20.9. The molecule has 5 nitrogen and oxygen atoms in total. The van der Waals surface area contributed by atoms with Gasteiger partial charge in [-0.05, 0) is 44.8 Å². The summed E-state index contributed by atoms with van der Waals surface area (Å²) in [4.78, 5) is 9.00. The fourth-order valence-corrected chi connectivity index (χ4v) is 1.80. The zero-order chi connectivity index (χ0) is 16.3. The molecule has 0 spiro atoms. The number of carboxylic acid groups (broad SMARTS) is 1. The van der Waals surface area contributed by atoms with Crippen LogP contribution >= 0.6 is 0 Å². The number of ether oxygens (including phenoxy) is 1. The van der Waals surface area contributed by atoms with Gasteiger partial charge in [-0.2, -0.15) is 0 Å². The summed E-state index contributed by atoms with van der Waals surface area (Å²) in [7, 11) is 0. The lowest BCUT2D eigenvalue weighted by Gasteiger charge is -2.14. The molecule has 5 heteroatoms. The third-order valence-corrected chi connectivity index (χ3v) is 3.10. The van der Waals surface area contributed by atoms with Gasteiger partial charge in [0.05, 0.1) is 0 Å². The molecular weight excluding hydrogens is 268 g/mol. The van der Waals surface area contributed by atoms with Crippen LogP contribution in [0.5, 0.6) is 0 Å². The SMILES string of the molecule is CC(=O)O.CCCCC(CC)COCCCNCCCN. The molecule has 0 aliphatic rings. The summed E-state index contributed by atoms with van der Waals surface area (Å²) in [6, 6.07) is 0. The highest BCUT2D eigenvalue weighted by Crippen LogP contribution is 2.12. The molecule has 4 N–H and O–H groups in total. The second kappa shape index (κ2) is 19.4. The quantitative estimate of drug-likeness (QED) is 0.456. The average molecular weight is 304 g/mol. The molecule has 1 unspecified atom stereocenters.